The summed E-state index contributed by atoms with van der Waals surface area (Å²) in [6.45, 7) is 0. The van der Waals surface area contributed by atoms with Gasteiger partial charge in [0.05, 0.1) is 6.07 Å². The zero-order chi connectivity index (χ0) is 20.8. The minimum atomic E-state index is -0.608. The van der Waals surface area contributed by atoms with Gasteiger partial charge < -0.3 is 10.3 Å². The van der Waals surface area contributed by atoms with Crippen LogP contribution in [0.4, 0.5) is 0 Å². The van der Waals surface area contributed by atoms with Gasteiger partial charge in [-0.2, -0.15) is 5.26 Å². The Labute approximate surface area is 179 Å². The molecule has 1 amide bonds. The van der Waals surface area contributed by atoms with Gasteiger partial charge in [0, 0.05) is 33.7 Å². The number of fused-ring (bicyclic) bond motifs is 5. The van der Waals surface area contributed by atoms with Crippen molar-refractivity contribution in [2.75, 3.05) is 0 Å². The fourth-order valence-electron chi connectivity index (χ4n) is 5.39. The Bertz CT molecular complexity index is 1260. The van der Waals surface area contributed by atoms with Crippen LogP contribution in [0.25, 0.3) is 21.7 Å². The Morgan fingerprint density at radius 3 is 2.77 bits per heavy atom. The molecule has 1 heterocycles. The van der Waals surface area contributed by atoms with Crippen LogP contribution in [-0.4, -0.2) is 16.9 Å². The van der Waals surface area contributed by atoms with Gasteiger partial charge in [0.2, 0.25) is 5.91 Å². The topological polar surface area (TPSA) is 85.8 Å². The van der Waals surface area contributed by atoms with Crippen molar-refractivity contribution in [1.82, 2.24) is 10.3 Å². The van der Waals surface area contributed by atoms with Crippen molar-refractivity contribution in [3.05, 3.63) is 57.3 Å². The first-order valence-corrected chi connectivity index (χ1v) is 10.8. The molecule has 2 aliphatic rings. The lowest BCUT2D eigenvalue weighted by molar-refractivity contribution is -0.126. The minimum Gasteiger partial charge on any atom is -0.340 e. The molecule has 2 aromatic carbocycles. The van der Waals surface area contributed by atoms with E-state index in [9.17, 15) is 14.9 Å². The number of amides is 1. The average molecular weight is 420 g/mol. The van der Waals surface area contributed by atoms with Gasteiger partial charge in [-0.1, -0.05) is 30.2 Å². The largest absolute Gasteiger partial charge is 0.340 e. The highest BCUT2D eigenvalue weighted by Gasteiger charge is 2.43. The van der Waals surface area contributed by atoms with Gasteiger partial charge in [-0.25, -0.2) is 0 Å². The molecule has 3 aromatic rings. The Hall–Kier alpha value is -2.84. The predicted molar refractivity (Wildman–Crippen MR) is 117 cm³/mol. The number of rotatable bonds is 4. The van der Waals surface area contributed by atoms with Gasteiger partial charge >= 0.3 is 0 Å². The van der Waals surface area contributed by atoms with Crippen LogP contribution in [0.5, 0.6) is 0 Å². The third kappa shape index (κ3) is 3.36. The molecule has 6 heteroatoms. The third-order valence-corrected chi connectivity index (χ3v) is 7.07. The number of hydrogen-bond donors (Lipinski definition) is 2. The summed E-state index contributed by atoms with van der Waals surface area (Å²) in [5.41, 5.74) is 1.40. The summed E-state index contributed by atoms with van der Waals surface area (Å²) in [6, 6.07) is 12.6. The zero-order valence-corrected chi connectivity index (χ0v) is 17.2. The minimum absolute atomic E-state index is 0.00743. The third-order valence-electron chi connectivity index (χ3n) is 6.84. The number of nitrogens with zero attached hydrogens (tertiary/aromatic N) is 1. The van der Waals surface area contributed by atoms with E-state index in [1.807, 2.05) is 24.3 Å². The first-order valence-electron chi connectivity index (χ1n) is 10.5. The van der Waals surface area contributed by atoms with Crippen molar-refractivity contribution in [3.63, 3.8) is 0 Å². The van der Waals surface area contributed by atoms with Crippen LogP contribution in [0.2, 0.25) is 5.02 Å². The van der Waals surface area contributed by atoms with E-state index < -0.39 is 6.04 Å². The van der Waals surface area contributed by atoms with Crippen LogP contribution < -0.4 is 10.9 Å². The SMILES string of the molecule is N#CC(Cc1ccc2c(c1)c(=O)[nH]c1ccc(Cl)cc12)NC(=O)[C@H]1C[C@@H]2CC[C@H]1C2. The highest BCUT2D eigenvalue weighted by Crippen LogP contribution is 2.48. The molecule has 4 atom stereocenters. The summed E-state index contributed by atoms with van der Waals surface area (Å²) in [4.78, 5) is 28.2. The molecule has 0 aliphatic heterocycles. The van der Waals surface area contributed by atoms with E-state index in [-0.39, 0.29) is 17.4 Å². The number of halogens is 1. The highest BCUT2D eigenvalue weighted by atomic mass is 35.5. The van der Waals surface area contributed by atoms with Crippen molar-refractivity contribution in [3.8, 4) is 6.07 Å². The predicted octanol–water partition coefficient (Wildman–Crippen LogP) is 4.32. The van der Waals surface area contributed by atoms with Crippen LogP contribution in [-0.2, 0) is 11.2 Å². The first kappa shape index (κ1) is 19.1. The maximum absolute atomic E-state index is 12.7. The Balaban J connectivity index is 1.39. The Morgan fingerprint density at radius 1 is 1.17 bits per heavy atom. The van der Waals surface area contributed by atoms with Crippen molar-refractivity contribution in [1.29, 1.82) is 5.26 Å². The number of H-pyrrole nitrogens is 1. The van der Waals surface area contributed by atoms with Crippen LogP contribution in [0.1, 0.15) is 31.2 Å². The van der Waals surface area contributed by atoms with E-state index in [4.69, 9.17) is 11.6 Å². The summed E-state index contributed by atoms with van der Waals surface area (Å²) in [7, 11) is 0. The Kier molecular flexibility index (Phi) is 4.75. The summed E-state index contributed by atoms with van der Waals surface area (Å²) >= 11 is 6.14. The van der Waals surface area contributed by atoms with Crippen LogP contribution >= 0.6 is 11.6 Å². The Morgan fingerprint density at radius 2 is 2.03 bits per heavy atom. The van der Waals surface area contributed by atoms with E-state index in [1.54, 1.807) is 12.1 Å². The molecule has 0 spiro atoms. The molecule has 5 nitrogen and oxygen atoms in total. The lowest BCUT2D eigenvalue weighted by atomic mass is 9.88. The fraction of sp³-hybridized carbons (Fsp3) is 0.375. The van der Waals surface area contributed by atoms with E-state index >= 15 is 0 Å². The number of pyridine rings is 1. The number of benzene rings is 2. The molecule has 0 radical (unpaired) electrons. The quantitative estimate of drug-likeness (QED) is 0.617. The van der Waals surface area contributed by atoms with Crippen LogP contribution in [0.15, 0.2) is 41.2 Å². The molecule has 2 aliphatic carbocycles. The molecule has 30 heavy (non-hydrogen) atoms. The second kappa shape index (κ2) is 7.45. The molecule has 1 aromatic heterocycles. The van der Waals surface area contributed by atoms with Gasteiger partial charge in [0.1, 0.15) is 6.04 Å². The van der Waals surface area contributed by atoms with E-state index in [0.717, 1.165) is 41.1 Å². The summed E-state index contributed by atoms with van der Waals surface area (Å²) < 4.78 is 0. The molecular formula is C24H22ClN3O2. The number of carbonyl (C=O) groups is 1. The maximum atomic E-state index is 12.7. The van der Waals surface area contributed by atoms with Crippen molar-refractivity contribution < 1.29 is 4.79 Å². The van der Waals surface area contributed by atoms with E-state index in [0.29, 0.717) is 28.7 Å². The van der Waals surface area contributed by atoms with Gasteiger partial charge in [-0.15, -0.1) is 0 Å². The number of aromatic amines is 1. The molecule has 2 fully saturated rings. The number of nitriles is 1. The standard InChI is InChI=1S/C24H22ClN3O2/c25-16-4-6-22-20(11-16)18-5-2-14(10-21(18)24(30)28-22)8-17(12-26)27-23(29)19-9-13-1-3-15(19)7-13/h2,4-6,10-11,13,15,17,19H,1,3,7-9H2,(H,27,29)(H,28,30)/t13-,15+,17?,19+/m1/s1. The van der Waals surface area contributed by atoms with Crippen molar-refractivity contribution in [2.24, 2.45) is 17.8 Å². The zero-order valence-electron chi connectivity index (χ0n) is 16.5. The molecule has 1 unspecified atom stereocenters. The van der Waals surface area contributed by atoms with E-state index in [2.05, 4.69) is 16.4 Å². The van der Waals surface area contributed by atoms with Crippen molar-refractivity contribution >= 4 is 39.2 Å². The van der Waals surface area contributed by atoms with Gasteiger partial charge in [0.25, 0.3) is 5.56 Å². The second-order valence-corrected chi connectivity index (χ2v) is 9.14. The molecule has 2 bridgehead atoms. The van der Waals surface area contributed by atoms with Gasteiger partial charge in [0.15, 0.2) is 0 Å². The molecule has 0 saturated heterocycles. The molecule has 2 saturated carbocycles. The second-order valence-electron chi connectivity index (χ2n) is 8.70. The summed E-state index contributed by atoms with van der Waals surface area (Å²) in [6.07, 6.45) is 4.84. The summed E-state index contributed by atoms with van der Waals surface area (Å²) in [5, 5.41) is 15.4. The molecule has 5 rings (SSSR count). The number of aromatic nitrogens is 1. The molecule has 2 N–H and O–H groups in total. The fourth-order valence-corrected chi connectivity index (χ4v) is 5.56. The molecular weight excluding hydrogens is 398 g/mol. The number of carbonyl (C=O) groups excluding carboxylic acids is 1. The van der Waals surface area contributed by atoms with E-state index in [1.165, 1.54) is 6.42 Å². The number of hydrogen-bond acceptors (Lipinski definition) is 3. The lowest BCUT2D eigenvalue weighted by Gasteiger charge is -2.22. The lowest BCUT2D eigenvalue weighted by Crippen LogP contribution is -2.41. The van der Waals surface area contributed by atoms with Crippen LogP contribution in [0.3, 0.4) is 0 Å². The number of nitrogens with one attached hydrogen (secondary N) is 2. The van der Waals surface area contributed by atoms with Gasteiger partial charge in [-0.3, -0.25) is 9.59 Å². The maximum Gasteiger partial charge on any atom is 0.256 e. The van der Waals surface area contributed by atoms with Crippen molar-refractivity contribution in [2.45, 2.75) is 38.1 Å². The first-order chi connectivity index (χ1) is 14.5. The highest BCUT2D eigenvalue weighted by molar-refractivity contribution is 6.31. The van der Waals surface area contributed by atoms with Crippen LogP contribution in [0, 0.1) is 29.1 Å². The monoisotopic (exact) mass is 419 g/mol. The normalized spacial score (nSPS) is 23.5. The average Bonchev–Trinajstić information content (AvgIpc) is 3.38. The smallest absolute Gasteiger partial charge is 0.256 e. The summed E-state index contributed by atoms with van der Waals surface area (Å²) in [5.74, 6) is 1.22. The molecule has 152 valence electrons. The van der Waals surface area contributed by atoms with Gasteiger partial charge in [-0.05, 0) is 66.3 Å².